The zero-order valence-electron chi connectivity index (χ0n) is 13.4. The zero-order chi connectivity index (χ0) is 15.8. The average Bonchev–Trinajstić information content (AvgIpc) is 3.02. The highest BCUT2D eigenvalue weighted by Crippen LogP contribution is 2.24. The number of anilines is 1. The molecule has 1 amide bonds. The summed E-state index contributed by atoms with van der Waals surface area (Å²) in [5.41, 5.74) is 3.86. The molecular formula is C19H24N2O. The van der Waals surface area contributed by atoms with Gasteiger partial charge < -0.3 is 5.32 Å². The maximum Gasteiger partial charge on any atom is 0.211 e. The normalized spacial score (nSPS) is 14.1. The first-order valence-electron chi connectivity index (χ1n) is 7.93. The van der Waals surface area contributed by atoms with Gasteiger partial charge in [-0.05, 0) is 42.7 Å². The van der Waals surface area contributed by atoms with Crippen molar-refractivity contribution in [1.82, 2.24) is 4.98 Å². The molecule has 1 aromatic carbocycles. The van der Waals surface area contributed by atoms with Gasteiger partial charge in [-0.15, -0.1) is 0 Å². The fourth-order valence-corrected chi connectivity index (χ4v) is 2.71. The van der Waals surface area contributed by atoms with E-state index in [9.17, 15) is 4.79 Å². The van der Waals surface area contributed by atoms with E-state index in [2.05, 4.69) is 17.2 Å². The largest absolute Gasteiger partial charge is 0.329 e. The van der Waals surface area contributed by atoms with Gasteiger partial charge in [0, 0.05) is 17.4 Å². The van der Waals surface area contributed by atoms with Crippen molar-refractivity contribution < 1.29 is 4.79 Å². The molecule has 0 unspecified atom stereocenters. The topological polar surface area (TPSA) is 42.0 Å². The highest BCUT2D eigenvalue weighted by molar-refractivity contribution is 5.76. The fraction of sp³-hybridized carbons (Fsp3) is 0.368. The second-order valence-corrected chi connectivity index (χ2v) is 5.90. The maximum absolute atomic E-state index is 10.4. The van der Waals surface area contributed by atoms with Crippen LogP contribution >= 0.6 is 0 Å². The van der Waals surface area contributed by atoms with E-state index >= 15 is 0 Å². The molecule has 1 aromatic heterocycles. The van der Waals surface area contributed by atoms with Gasteiger partial charge in [-0.25, -0.2) is 0 Å². The van der Waals surface area contributed by atoms with Crippen LogP contribution in [0.25, 0.3) is 11.3 Å². The lowest BCUT2D eigenvalue weighted by Gasteiger charge is -2.07. The number of hydrogen-bond acceptors (Lipinski definition) is 2. The fourth-order valence-electron chi connectivity index (χ4n) is 2.71. The molecule has 116 valence electrons. The van der Waals surface area contributed by atoms with Crippen LogP contribution in [0.2, 0.25) is 0 Å². The van der Waals surface area contributed by atoms with Crippen molar-refractivity contribution in [1.29, 1.82) is 0 Å². The number of nitrogens with zero attached hydrogens (tertiary/aromatic N) is 1. The van der Waals surface area contributed by atoms with E-state index in [1.54, 1.807) is 6.20 Å². The van der Waals surface area contributed by atoms with Gasteiger partial charge in [0.2, 0.25) is 6.41 Å². The van der Waals surface area contributed by atoms with E-state index < -0.39 is 0 Å². The van der Waals surface area contributed by atoms with Crippen LogP contribution in [0.3, 0.4) is 0 Å². The molecule has 0 spiro atoms. The van der Waals surface area contributed by atoms with Crippen LogP contribution in [0.4, 0.5) is 5.69 Å². The monoisotopic (exact) mass is 296 g/mol. The van der Waals surface area contributed by atoms with Crippen molar-refractivity contribution >= 4 is 12.1 Å². The summed E-state index contributed by atoms with van der Waals surface area (Å²) in [7, 11) is 0. The Morgan fingerprint density at radius 3 is 2.50 bits per heavy atom. The Kier molecular flexibility index (Phi) is 6.13. The molecule has 0 saturated heterocycles. The van der Waals surface area contributed by atoms with E-state index in [4.69, 9.17) is 0 Å². The third-order valence-electron chi connectivity index (χ3n) is 4.05. The number of nitrogens with one attached hydrogen (secondary N) is 1. The SMILES string of the molecule is CC1CCCC1.Cc1ccc(NC=O)cc1-c1ccccn1. The van der Waals surface area contributed by atoms with E-state index in [-0.39, 0.29) is 0 Å². The highest BCUT2D eigenvalue weighted by Gasteiger charge is 2.07. The number of carbonyl (C=O) groups is 1. The van der Waals surface area contributed by atoms with Gasteiger partial charge in [-0.3, -0.25) is 9.78 Å². The van der Waals surface area contributed by atoms with Crippen LogP contribution in [0, 0.1) is 12.8 Å². The Hall–Kier alpha value is -2.16. The number of amides is 1. The average molecular weight is 296 g/mol. The third-order valence-corrected chi connectivity index (χ3v) is 4.05. The minimum Gasteiger partial charge on any atom is -0.329 e. The molecule has 3 heteroatoms. The molecule has 1 heterocycles. The summed E-state index contributed by atoms with van der Waals surface area (Å²) in [6.07, 6.45) is 8.38. The Morgan fingerprint density at radius 2 is 1.95 bits per heavy atom. The van der Waals surface area contributed by atoms with Crippen LogP contribution in [0.15, 0.2) is 42.6 Å². The lowest BCUT2D eigenvalue weighted by atomic mass is 10.0. The maximum atomic E-state index is 10.4. The molecule has 22 heavy (non-hydrogen) atoms. The van der Waals surface area contributed by atoms with Crippen molar-refractivity contribution in [2.24, 2.45) is 5.92 Å². The predicted molar refractivity (Wildman–Crippen MR) is 91.7 cm³/mol. The molecule has 1 aliphatic carbocycles. The summed E-state index contributed by atoms with van der Waals surface area (Å²) in [4.78, 5) is 14.7. The Labute approximate surface area is 132 Å². The van der Waals surface area contributed by atoms with E-state index in [1.807, 2.05) is 43.3 Å². The predicted octanol–water partition coefficient (Wildman–Crippen LogP) is 4.82. The van der Waals surface area contributed by atoms with Crippen LogP contribution in [0.5, 0.6) is 0 Å². The number of carbonyl (C=O) groups excluding carboxylic acids is 1. The summed E-state index contributed by atoms with van der Waals surface area (Å²) in [5, 5.41) is 2.64. The molecule has 1 aliphatic rings. The molecule has 0 radical (unpaired) electrons. The smallest absolute Gasteiger partial charge is 0.211 e. The number of aryl methyl sites for hydroxylation is 1. The summed E-state index contributed by atoms with van der Waals surface area (Å²) in [6.45, 7) is 4.36. The van der Waals surface area contributed by atoms with Gasteiger partial charge in [0.15, 0.2) is 0 Å². The minimum absolute atomic E-state index is 0.673. The van der Waals surface area contributed by atoms with Crippen LogP contribution in [0.1, 0.15) is 38.2 Å². The number of rotatable bonds is 3. The first kappa shape index (κ1) is 16.2. The standard InChI is InChI=1S/C13H12N2O.C6H12/c1-10-5-6-11(15-9-16)8-12(10)13-4-2-3-7-14-13;1-6-4-2-3-5-6/h2-9H,1H3,(H,15,16);6H,2-5H2,1H3. The van der Waals surface area contributed by atoms with Gasteiger partial charge in [-0.2, -0.15) is 0 Å². The van der Waals surface area contributed by atoms with E-state index in [1.165, 1.54) is 25.7 Å². The molecule has 1 N–H and O–H groups in total. The summed E-state index contributed by atoms with van der Waals surface area (Å²) in [5.74, 6) is 1.05. The van der Waals surface area contributed by atoms with Gasteiger partial charge in [-0.1, -0.05) is 44.7 Å². The van der Waals surface area contributed by atoms with Crippen LogP contribution in [-0.2, 0) is 4.79 Å². The van der Waals surface area contributed by atoms with E-state index in [0.717, 1.165) is 28.4 Å². The van der Waals surface area contributed by atoms with Gasteiger partial charge in [0.1, 0.15) is 0 Å². The van der Waals surface area contributed by atoms with Crippen molar-refractivity contribution in [2.75, 3.05) is 5.32 Å². The van der Waals surface area contributed by atoms with Crippen molar-refractivity contribution in [3.05, 3.63) is 48.2 Å². The molecule has 1 fully saturated rings. The molecule has 0 aliphatic heterocycles. The van der Waals surface area contributed by atoms with Crippen LogP contribution in [-0.4, -0.2) is 11.4 Å². The Balaban J connectivity index is 0.000000246. The Morgan fingerprint density at radius 1 is 1.18 bits per heavy atom. The van der Waals surface area contributed by atoms with Crippen LogP contribution < -0.4 is 5.32 Å². The molecular weight excluding hydrogens is 272 g/mol. The summed E-state index contributed by atoms with van der Waals surface area (Å²) < 4.78 is 0. The second-order valence-electron chi connectivity index (χ2n) is 5.90. The van der Waals surface area contributed by atoms with Gasteiger partial charge in [0.25, 0.3) is 0 Å². The molecule has 0 atom stereocenters. The zero-order valence-corrected chi connectivity index (χ0v) is 13.4. The lowest BCUT2D eigenvalue weighted by Crippen LogP contribution is -1.95. The highest BCUT2D eigenvalue weighted by atomic mass is 16.1. The number of pyridine rings is 1. The second kappa shape index (κ2) is 8.32. The number of aromatic nitrogens is 1. The Bertz CT molecular complexity index is 590. The molecule has 3 nitrogen and oxygen atoms in total. The third kappa shape index (κ3) is 4.69. The quantitative estimate of drug-likeness (QED) is 0.825. The van der Waals surface area contributed by atoms with Gasteiger partial charge in [0.05, 0.1) is 5.69 Å². The van der Waals surface area contributed by atoms with Gasteiger partial charge >= 0.3 is 0 Å². The summed E-state index contributed by atoms with van der Waals surface area (Å²) in [6, 6.07) is 11.5. The first-order valence-corrected chi connectivity index (χ1v) is 7.93. The van der Waals surface area contributed by atoms with Crippen molar-refractivity contribution in [2.45, 2.75) is 39.5 Å². The molecule has 1 saturated carbocycles. The summed E-state index contributed by atoms with van der Waals surface area (Å²) >= 11 is 0. The lowest BCUT2D eigenvalue weighted by molar-refractivity contribution is -0.105. The number of hydrogen-bond donors (Lipinski definition) is 1. The minimum atomic E-state index is 0.673. The molecule has 2 aromatic rings. The van der Waals surface area contributed by atoms with Crippen molar-refractivity contribution in [3.63, 3.8) is 0 Å². The molecule has 0 bridgehead atoms. The van der Waals surface area contributed by atoms with E-state index in [0.29, 0.717) is 6.41 Å². The van der Waals surface area contributed by atoms with Crippen molar-refractivity contribution in [3.8, 4) is 11.3 Å². The number of benzene rings is 1. The molecule has 3 rings (SSSR count). The first-order chi connectivity index (χ1) is 10.7.